The molecule has 0 aromatic rings. The molecular weight excluding hydrogens is 336 g/mol. The number of esters is 3. The molecule has 2 atom stereocenters. The van der Waals surface area contributed by atoms with Crippen LogP contribution in [0.4, 0.5) is 0 Å². The van der Waals surface area contributed by atoms with Crippen LogP contribution in [0, 0.1) is 5.41 Å². The normalized spacial score (nSPS) is 33.6. The second-order valence-electron chi connectivity index (χ2n) is 6.54. The van der Waals surface area contributed by atoms with Crippen molar-refractivity contribution in [1.82, 2.24) is 0 Å². The van der Waals surface area contributed by atoms with Gasteiger partial charge >= 0.3 is 29.7 Å². The predicted octanol–water partition coefficient (Wildman–Crippen LogP) is 0.0957. The van der Waals surface area contributed by atoms with Crippen LogP contribution in [-0.2, 0) is 28.6 Å². The van der Waals surface area contributed by atoms with Crippen molar-refractivity contribution in [3.63, 3.8) is 0 Å². The van der Waals surface area contributed by atoms with Gasteiger partial charge in [0.05, 0.1) is 6.42 Å². The fourth-order valence-corrected chi connectivity index (χ4v) is 3.53. The van der Waals surface area contributed by atoms with Gasteiger partial charge in [-0.1, -0.05) is 27.2 Å². The summed E-state index contributed by atoms with van der Waals surface area (Å²) >= 11 is 0. The van der Waals surface area contributed by atoms with E-state index in [0.717, 1.165) is 0 Å². The number of fused-ring (bicyclic) bond motifs is 3. The highest BCUT2D eigenvalue weighted by atomic mass is 16.9. The summed E-state index contributed by atoms with van der Waals surface area (Å²) in [5, 5.41) is 31.7. The van der Waals surface area contributed by atoms with Crippen LogP contribution in [0.1, 0.15) is 59.3 Å². The van der Waals surface area contributed by atoms with Gasteiger partial charge in [-0.25, -0.2) is 4.79 Å². The quantitative estimate of drug-likeness (QED) is 0.460. The van der Waals surface area contributed by atoms with Gasteiger partial charge in [-0.2, -0.15) is 0 Å². The molecule has 2 unspecified atom stereocenters. The van der Waals surface area contributed by atoms with Crippen LogP contribution in [0.3, 0.4) is 0 Å². The lowest BCUT2D eigenvalue weighted by Crippen LogP contribution is -2.68. The summed E-state index contributed by atoms with van der Waals surface area (Å²) in [6.07, 6.45) is -0.557. The average Bonchev–Trinajstić information content (AvgIpc) is 2.61. The Morgan fingerprint density at radius 1 is 0.920 bits per heavy atom. The first-order valence-corrected chi connectivity index (χ1v) is 8.40. The standard InChI is InChI=1S/C16H24O9/c1-4-7-8-15-16(21,22)25-11(18)13(5-2,6-3)14(20,12(19)24-15)9-10(17)23-15/h20-22H,4-9H2,1-3H3. The maximum atomic E-state index is 12.7. The summed E-state index contributed by atoms with van der Waals surface area (Å²) in [4.78, 5) is 37.7. The first kappa shape index (κ1) is 19.6. The van der Waals surface area contributed by atoms with E-state index in [-0.39, 0.29) is 25.7 Å². The Bertz CT molecular complexity index is 580. The second-order valence-corrected chi connectivity index (χ2v) is 6.54. The van der Waals surface area contributed by atoms with E-state index in [1.165, 1.54) is 13.8 Å². The number of carbonyl (C=O) groups excluding carboxylic acids is 3. The highest BCUT2D eigenvalue weighted by molar-refractivity contribution is 5.95. The molecule has 9 nitrogen and oxygen atoms in total. The zero-order chi connectivity index (χ0) is 19.1. The van der Waals surface area contributed by atoms with Gasteiger partial charge in [0.25, 0.3) is 0 Å². The van der Waals surface area contributed by atoms with Crippen molar-refractivity contribution in [3.05, 3.63) is 0 Å². The molecule has 9 heteroatoms. The smallest absolute Gasteiger partial charge is 0.406 e. The molecule has 0 aliphatic carbocycles. The summed E-state index contributed by atoms with van der Waals surface area (Å²) < 4.78 is 14.9. The van der Waals surface area contributed by atoms with Crippen molar-refractivity contribution < 1.29 is 43.9 Å². The van der Waals surface area contributed by atoms with Gasteiger partial charge in [0.15, 0.2) is 5.60 Å². The lowest BCUT2D eigenvalue weighted by atomic mass is 9.66. The van der Waals surface area contributed by atoms with Crippen molar-refractivity contribution in [1.29, 1.82) is 0 Å². The van der Waals surface area contributed by atoms with Crippen LogP contribution in [0.15, 0.2) is 0 Å². The fraction of sp³-hybridized carbons (Fsp3) is 0.812. The van der Waals surface area contributed by atoms with Gasteiger partial charge in [-0.15, -0.1) is 0 Å². The van der Waals surface area contributed by atoms with Crippen molar-refractivity contribution in [2.45, 2.75) is 76.7 Å². The minimum atomic E-state index is -3.38. The Labute approximate surface area is 144 Å². The highest BCUT2D eigenvalue weighted by Gasteiger charge is 2.72. The summed E-state index contributed by atoms with van der Waals surface area (Å²) in [6.45, 7) is 4.79. The topological polar surface area (TPSA) is 140 Å². The molecule has 0 saturated carbocycles. The van der Waals surface area contributed by atoms with Crippen molar-refractivity contribution in [2.24, 2.45) is 5.41 Å². The maximum absolute atomic E-state index is 12.7. The monoisotopic (exact) mass is 360 g/mol. The third-order valence-electron chi connectivity index (χ3n) is 5.25. The van der Waals surface area contributed by atoms with E-state index in [0.29, 0.717) is 6.42 Å². The van der Waals surface area contributed by atoms with Gasteiger partial charge in [0.1, 0.15) is 5.41 Å². The molecule has 0 amide bonds. The fourth-order valence-electron chi connectivity index (χ4n) is 3.53. The molecule has 0 radical (unpaired) electrons. The largest absolute Gasteiger partial charge is 0.413 e. The molecule has 3 N–H and O–H groups in total. The Kier molecular flexibility index (Phi) is 4.88. The number of hydrogen-bond donors (Lipinski definition) is 3. The van der Waals surface area contributed by atoms with Gasteiger partial charge in [-0.3, -0.25) is 9.59 Å². The zero-order valence-corrected chi connectivity index (χ0v) is 14.5. The number of carbonyl (C=O) groups is 3. The first-order chi connectivity index (χ1) is 11.5. The number of unbranched alkanes of at least 4 members (excludes halogenated alkanes) is 1. The Morgan fingerprint density at radius 3 is 2.04 bits per heavy atom. The molecule has 142 valence electrons. The maximum Gasteiger partial charge on any atom is 0.406 e. The molecule has 0 aromatic heterocycles. The summed E-state index contributed by atoms with van der Waals surface area (Å²) in [6, 6.07) is 0. The van der Waals surface area contributed by atoms with E-state index in [2.05, 4.69) is 0 Å². The van der Waals surface area contributed by atoms with Crippen LogP contribution in [0.25, 0.3) is 0 Å². The molecule has 2 heterocycles. The molecule has 2 bridgehead atoms. The Hall–Kier alpha value is -1.71. The SMILES string of the molecule is CCCCC12OC(=O)CC(O)(C(=O)O1)C(CC)(CC)C(=O)OC2(O)O. The third-order valence-corrected chi connectivity index (χ3v) is 5.25. The minimum absolute atomic E-state index is 0.0980. The van der Waals surface area contributed by atoms with Crippen LogP contribution in [-0.4, -0.2) is 50.6 Å². The Balaban J connectivity index is 2.71. The number of rotatable bonds is 5. The van der Waals surface area contributed by atoms with Crippen LogP contribution >= 0.6 is 0 Å². The number of cyclic esters (lactones) is 1. The van der Waals surface area contributed by atoms with Crippen LogP contribution < -0.4 is 0 Å². The molecule has 2 aliphatic rings. The zero-order valence-electron chi connectivity index (χ0n) is 14.5. The van der Waals surface area contributed by atoms with Crippen LogP contribution in [0.5, 0.6) is 0 Å². The first-order valence-electron chi connectivity index (χ1n) is 8.40. The van der Waals surface area contributed by atoms with E-state index < -0.39 is 47.1 Å². The Morgan fingerprint density at radius 2 is 1.52 bits per heavy atom. The van der Waals surface area contributed by atoms with Gasteiger partial charge < -0.3 is 29.5 Å². The lowest BCUT2D eigenvalue weighted by molar-refractivity contribution is -0.449. The molecule has 25 heavy (non-hydrogen) atoms. The van der Waals surface area contributed by atoms with Gasteiger partial charge in [0, 0.05) is 6.42 Å². The van der Waals surface area contributed by atoms with Crippen molar-refractivity contribution >= 4 is 17.9 Å². The molecular formula is C16H24O9. The van der Waals surface area contributed by atoms with Crippen molar-refractivity contribution in [3.8, 4) is 0 Å². The number of hydrogen-bond acceptors (Lipinski definition) is 9. The lowest BCUT2D eigenvalue weighted by Gasteiger charge is -2.46. The van der Waals surface area contributed by atoms with E-state index in [1.807, 2.05) is 0 Å². The molecule has 0 aromatic carbocycles. The van der Waals surface area contributed by atoms with E-state index in [4.69, 9.17) is 14.2 Å². The third kappa shape index (κ3) is 2.61. The minimum Gasteiger partial charge on any atom is -0.413 e. The number of aliphatic hydroxyl groups is 3. The van der Waals surface area contributed by atoms with Crippen LogP contribution in [0.2, 0.25) is 0 Å². The van der Waals surface area contributed by atoms with E-state index in [1.54, 1.807) is 6.92 Å². The van der Waals surface area contributed by atoms with Gasteiger partial charge in [-0.05, 0) is 19.3 Å². The van der Waals surface area contributed by atoms with E-state index in [9.17, 15) is 29.7 Å². The van der Waals surface area contributed by atoms with E-state index >= 15 is 0 Å². The average molecular weight is 360 g/mol. The predicted molar refractivity (Wildman–Crippen MR) is 80.3 cm³/mol. The molecule has 0 spiro atoms. The molecule has 2 fully saturated rings. The number of ether oxygens (including phenoxy) is 3. The summed E-state index contributed by atoms with van der Waals surface area (Å²) in [5.74, 6) is -9.64. The van der Waals surface area contributed by atoms with Gasteiger partial charge in [0.2, 0.25) is 0 Å². The molecule has 2 aliphatic heterocycles. The second kappa shape index (κ2) is 6.22. The summed E-state index contributed by atoms with van der Waals surface area (Å²) in [7, 11) is 0. The molecule has 2 saturated heterocycles. The molecule has 2 rings (SSSR count). The summed E-state index contributed by atoms with van der Waals surface area (Å²) in [5.41, 5.74) is -4.42. The highest BCUT2D eigenvalue weighted by Crippen LogP contribution is 2.50. The van der Waals surface area contributed by atoms with Crippen molar-refractivity contribution in [2.75, 3.05) is 0 Å².